The summed E-state index contributed by atoms with van der Waals surface area (Å²) < 4.78 is 10.6. The van der Waals surface area contributed by atoms with Crippen molar-refractivity contribution in [3.63, 3.8) is 0 Å². The van der Waals surface area contributed by atoms with E-state index in [4.69, 9.17) is 15.2 Å². The van der Waals surface area contributed by atoms with E-state index in [1.54, 1.807) is 32.0 Å². The first-order valence-corrected chi connectivity index (χ1v) is 8.80. The van der Waals surface area contributed by atoms with E-state index in [1.165, 1.54) is 0 Å². The molecule has 0 saturated heterocycles. The molecule has 9 heteroatoms. The highest BCUT2D eigenvalue weighted by Gasteiger charge is 2.28. The number of anilines is 1. The highest BCUT2D eigenvalue weighted by Crippen LogP contribution is 2.31. The fraction of sp³-hybridized carbons (Fsp3) is 0.500. The molecule has 2 rings (SSSR count). The molecule has 1 aromatic carbocycles. The van der Waals surface area contributed by atoms with E-state index >= 15 is 0 Å². The average Bonchev–Trinajstić information content (AvgIpc) is 2.58. The number of fused-ring (bicyclic) bond motifs is 1. The molecule has 0 unspecified atom stereocenters. The van der Waals surface area contributed by atoms with Crippen molar-refractivity contribution in [3.05, 3.63) is 23.8 Å². The van der Waals surface area contributed by atoms with Gasteiger partial charge in [0.15, 0.2) is 6.10 Å². The van der Waals surface area contributed by atoms with Gasteiger partial charge in [-0.1, -0.05) is 6.07 Å². The van der Waals surface area contributed by atoms with Gasteiger partial charge in [0.2, 0.25) is 0 Å². The lowest BCUT2D eigenvalue weighted by Crippen LogP contribution is -2.43. The van der Waals surface area contributed by atoms with Gasteiger partial charge in [-0.2, -0.15) is 0 Å². The summed E-state index contributed by atoms with van der Waals surface area (Å²) in [5.74, 6) is -0.934. The van der Waals surface area contributed by atoms with Crippen molar-refractivity contribution in [2.45, 2.75) is 51.4 Å². The minimum atomic E-state index is -1.18. The maximum absolute atomic E-state index is 12.1. The average molecular weight is 379 g/mol. The van der Waals surface area contributed by atoms with Crippen LogP contribution in [0.2, 0.25) is 0 Å². The summed E-state index contributed by atoms with van der Waals surface area (Å²) in [5.41, 5.74) is 6.55. The number of amides is 2. The minimum Gasteiger partial charge on any atom is -0.480 e. The fourth-order valence-corrected chi connectivity index (χ4v) is 2.64. The number of ether oxygens (including phenoxy) is 2. The Morgan fingerprint density at radius 3 is 2.78 bits per heavy atom. The van der Waals surface area contributed by atoms with Crippen LogP contribution in [0.5, 0.6) is 5.75 Å². The molecule has 0 bridgehead atoms. The van der Waals surface area contributed by atoms with E-state index in [1.807, 2.05) is 0 Å². The Bertz CT molecular complexity index is 706. The number of hydrogen-bond donors (Lipinski definition) is 4. The lowest BCUT2D eigenvalue weighted by molar-refractivity contribution is -0.139. The number of alkyl carbamates (subject to hydrolysis) is 1. The quantitative estimate of drug-likeness (QED) is 0.533. The second kappa shape index (κ2) is 9.22. The summed E-state index contributed by atoms with van der Waals surface area (Å²) in [7, 11) is 0. The molecule has 1 aliphatic rings. The molecule has 0 spiro atoms. The minimum absolute atomic E-state index is 0.0300. The van der Waals surface area contributed by atoms with Crippen molar-refractivity contribution in [1.82, 2.24) is 5.32 Å². The number of aliphatic carboxylic acids is 1. The molecule has 148 valence electrons. The SMILES string of the molecule is CC(C)OC(=O)N[C@@H](Cc1ccc2c(c1)NC(=O)[C@@H](CCCN)O2)C(=O)O. The summed E-state index contributed by atoms with van der Waals surface area (Å²) in [4.78, 5) is 35.2. The molecule has 1 aliphatic heterocycles. The Morgan fingerprint density at radius 1 is 1.41 bits per heavy atom. The van der Waals surface area contributed by atoms with Gasteiger partial charge in [0, 0.05) is 6.42 Å². The largest absolute Gasteiger partial charge is 0.480 e. The topological polar surface area (TPSA) is 140 Å². The zero-order valence-corrected chi connectivity index (χ0v) is 15.4. The number of carbonyl (C=O) groups is 3. The molecule has 2 amide bonds. The van der Waals surface area contributed by atoms with Crippen molar-refractivity contribution in [1.29, 1.82) is 0 Å². The molecule has 27 heavy (non-hydrogen) atoms. The van der Waals surface area contributed by atoms with Crippen LogP contribution in [0.4, 0.5) is 10.5 Å². The number of carboxylic acids is 1. The summed E-state index contributed by atoms with van der Waals surface area (Å²) in [6.07, 6.45) is -0.526. The molecule has 0 aromatic heterocycles. The molecule has 0 radical (unpaired) electrons. The molecule has 1 aromatic rings. The van der Waals surface area contributed by atoms with Gasteiger partial charge in [-0.15, -0.1) is 0 Å². The number of carbonyl (C=O) groups excluding carboxylic acids is 2. The van der Waals surface area contributed by atoms with Crippen LogP contribution in [0.25, 0.3) is 0 Å². The van der Waals surface area contributed by atoms with Gasteiger partial charge in [-0.3, -0.25) is 4.79 Å². The molecule has 5 N–H and O–H groups in total. The zero-order chi connectivity index (χ0) is 20.0. The maximum atomic E-state index is 12.1. The Morgan fingerprint density at radius 2 is 2.15 bits per heavy atom. The first-order chi connectivity index (χ1) is 12.8. The highest BCUT2D eigenvalue weighted by atomic mass is 16.6. The molecule has 2 atom stereocenters. The van der Waals surface area contributed by atoms with E-state index < -0.39 is 24.2 Å². The molecule has 0 aliphatic carbocycles. The normalized spacial score (nSPS) is 16.7. The zero-order valence-electron chi connectivity index (χ0n) is 15.4. The Labute approximate surface area is 157 Å². The third-order valence-electron chi connectivity index (χ3n) is 3.91. The van der Waals surface area contributed by atoms with Crippen LogP contribution in [-0.2, 0) is 20.7 Å². The Hall–Kier alpha value is -2.81. The summed E-state index contributed by atoms with van der Waals surface area (Å²) >= 11 is 0. The van der Waals surface area contributed by atoms with Gasteiger partial charge in [0.25, 0.3) is 5.91 Å². The lowest BCUT2D eigenvalue weighted by Gasteiger charge is -2.26. The van der Waals surface area contributed by atoms with E-state index in [9.17, 15) is 19.5 Å². The molecule has 9 nitrogen and oxygen atoms in total. The molecule has 0 saturated carbocycles. The highest BCUT2D eigenvalue weighted by molar-refractivity contribution is 5.97. The van der Waals surface area contributed by atoms with Gasteiger partial charge in [-0.25, -0.2) is 9.59 Å². The first-order valence-electron chi connectivity index (χ1n) is 8.80. The van der Waals surface area contributed by atoms with Crippen LogP contribution in [0.1, 0.15) is 32.3 Å². The summed E-state index contributed by atoms with van der Waals surface area (Å²) in [5, 5.41) is 14.4. The number of nitrogens with two attached hydrogens (primary N) is 1. The van der Waals surface area contributed by atoms with Crippen LogP contribution in [-0.4, -0.2) is 47.9 Å². The predicted molar refractivity (Wildman–Crippen MR) is 97.7 cm³/mol. The number of hydrogen-bond acceptors (Lipinski definition) is 6. The Balaban J connectivity index is 2.07. The van der Waals surface area contributed by atoms with E-state index in [-0.39, 0.29) is 18.4 Å². The first kappa shape index (κ1) is 20.5. The van der Waals surface area contributed by atoms with E-state index in [0.717, 1.165) is 0 Å². The maximum Gasteiger partial charge on any atom is 0.408 e. The third-order valence-corrected chi connectivity index (χ3v) is 3.91. The lowest BCUT2D eigenvalue weighted by atomic mass is 10.0. The van der Waals surface area contributed by atoms with Gasteiger partial charge >= 0.3 is 12.1 Å². The number of carboxylic acid groups (broad SMARTS) is 1. The van der Waals surface area contributed by atoms with Crippen molar-refractivity contribution >= 4 is 23.7 Å². The van der Waals surface area contributed by atoms with Crippen molar-refractivity contribution in [2.24, 2.45) is 5.73 Å². The number of benzene rings is 1. The van der Waals surface area contributed by atoms with Crippen LogP contribution >= 0.6 is 0 Å². The summed E-state index contributed by atoms with van der Waals surface area (Å²) in [6.45, 7) is 3.81. The van der Waals surface area contributed by atoms with Gasteiger partial charge < -0.3 is 30.9 Å². The van der Waals surface area contributed by atoms with Crippen molar-refractivity contribution in [3.8, 4) is 5.75 Å². The predicted octanol–water partition coefficient (Wildman–Crippen LogP) is 1.26. The number of rotatable bonds is 8. The van der Waals surface area contributed by atoms with Gasteiger partial charge in [0.05, 0.1) is 11.8 Å². The molecule has 1 heterocycles. The van der Waals surface area contributed by atoms with Crippen LogP contribution in [0.3, 0.4) is 0 Å². The van der Waals surface area contributed by atoms with Crippen LogP contribution in [0.15, 0.2) is 18.2 Å². The molecule has 0 fully saturated rings. The summed E-state index contributed by atoms with van der Waals surface area (Å²) in [6, 6.07) is 3.84. The smallest absolute Gasteiger partial charge is 0.408 e. The van der Waals surface area contributed by atoms with E-state index in [2.05, 4.69) is 10.6 Å². The van der Waals surface area contributed by atoms with E-state index in [0.29, 0.717) is 36.4 Å². The van der Waals surface area contributed by atoms with Crippen molar-refractivity contribution in [2.75, 3.05) is 11.9 Å². The standard InChI is InChI=1S/C18H25N3O6/c1-10(2)26-18(25)21-13(17(23)24)9-11-5-6-14-12(8-11)20-16(22)15(27-14)4-3-7-19/h5-6,8,10,13,15H,3-4,7,9,19H2,1-2H3,(H,20,22)(H,21,25)(H,23,24)/t13-,15+/m0/s1. The second-order valence-electron chi connectivity index (χ2n) is 6.55. The van der Waals surface area contributed by atoms with Crippen LogP contribution in [0, 0.1) is 0 Å². The second-order valence-corrected chi connectivity index (χ2v) is 6.55. The van der Waals surface area contributed by atoms with Gasteiger partial charge in [-0.05, 0) is 50.9 Å². The Kier molecular flexibility index (Phi) is 7.00. The fourth-order valence-electron chi connectivity index (χ4n) is 2.64. The number of nitrogens with one attached hydrogen (secondary N) is 2. The third kappa shape index (κ3) is 5.85. The molecular weight excluding hydrogens is 354 g/mol. The van der Waals surface area contributed by atoms with Gasteiger partial charge in [0.1, 0.15) is 11.8 Å². The monoisotopic (exact) mass is 379 g/mol. The van der Waals surface area contributed by atoms with Crippen LogP contribution < -0.4 is 21.1 Å². The van der Waals surface area contributed by atoms with Crippen molar-refractivity contribution < 1.29 is 29.0 Å². The molecular formula is C18H25N3O6.